The number of aliphatic hydroxyl groups excluding tert-OH is 1. The van der Waals surface area contributed by atoms with E-state index in [4.69, 9.17) is 8.83 Å². The molecule has 2 atom stereocenters. The van der Waals surface area contributed by atoms with Crippen LogP contribution in [0.2, 0.25) is 0 Å². The number of hydrogen-bond acceptors (Lipinski definition) is 4. The van der Waals surface area contributed by atoms with Gasteiger partial charge >= 0.3 is 6.03 Å². The average molecular weight is 328 g/mol. The first-order chi connectivity index (χ1) is 11.6. The molecular formula is C18H20N2O4. The number of urea groups is 1. The molecule has 2 heterocycles. The first-order valence-corrected chi connectivity index (χ1v) is 7.80. The van der Waals surface area contributed by atoms with Gasteiger partial charge in [0, 0.05) is 10.9 Å². The van der Waals surface area contributed by atoms with Crippen molar-refractivity contribution in [3.05, 3.63) is 59.7 Å². The fourth-order valence-corrected chi connectivity index (χ4v) is 2.69. The minimum Gasteiger partial charge on any atom is -0.467 e. The molecule has 3 N–H and O–H groups in total. The molecule has 3 aromatic rings. The maximum Gasteiger partial charge on any atom is 0.315 e. The van der Waals surface area contributed by atoms with Gasteiger partial charge < -0.3 is 24.6 Å². The van der Waals surface area contributed by atoms with E-state index in [0.29, 0.717) is 5.76 Å². The number of nitrogens with one attached hydrogen (secondary N) is 2. The predicted octanol–water partition coefficient (Wildman–Crippen LogP) is 3.43. The fraction of sp³-hybridized carbons (Fsp3) is 0.278. The summed E-state index contributed by atoms with van der Waals surface area (Å²) in [5.74, 6) is 1.13. The molecule has 0 spiro atoms. The van der Waals surface area contributed by atoms with Gasteiger partial charge in [0.2, 0.25) is 0 Å². The Balaban J connectivity index is 1.60. The van der Waals surface area contributed by atoms with Crippen molar-refractivity contribution in [2.24, 2.45) is 0 Å². The summed E-state index contributed by atoms with van der Waals surface area (Å²) in [7, 11) is 0. The number of rotatable bonds is 5. The number of furan rings is 2. The zero-order valence-electron chi connectivity index (χ0n) is 13.6. The van der Waals surface area contributed by atoms with Crippen LogP contribution in [0.15, 0.2) is 51.5 Å². The van der Waals surface area contributed by atoms with Crippen molar-refractivity contribution in [2.75, 3.05) is 6.54 Å². The van der Waals surface area contributed by atoms with Crippen LogP contribution in [0.3, 0.4) is 0 Å². The van der Waals surface area contributed by atoms with Crippen molar-refractivity contribution in [1.82, 2.24) is 10.6 Å². The lowest BCUT2D eigenvalue weighted by molar-refractivity contribution is 0.147. The van der Waals surface area contributed by atoms with Crippen LogP contribution in [-0.4, -0.2) is 17.7 Å². The minimum absolute atomic E-state index is 0.0607. The molecule has 1 aromatic carbocycles. The van der Waals surface area contributed by atoms with Gasteiger partial charge in [0.15, 0.2) is 0 Å². The lowest BCUT2D eigenvalue weighted by atomic mass is 10.1. The maximum atomic E-state index is 12.0. The molecule has 126 valence electrons. The summed E-state index contributed by atoms with van der Waals surface area (Å²) in [6.07, 6.45) is 0.597. The van der Waals surface area contributed by atoms with E-state index in [1.807, 2.05) is 38.1 Å². The van der Waals surface area contributed by atoms with E-state index in [9.17, 15) is 9.90 Å². The summed E-state index contributed by atoms with van der Waals surface area (Å²) < 4.78 is 10.9. The van der Waals surface area contributed by atoms with Gasteiger partial charge in [-0.3, -0.25) is 0 Å². The van der Waals surface area contributed by atoms with E-state index in [-0.39, 0.29) is 18.6 Å². The number of para-hydroxylation sites is 1. The Bertz CT molecular complexity index is 823. The number of amides is 2. The van der Waals surface area contributed by atoms with Crippen molar-refractivity contribution in [3.8, 4) is 0 Å². The number of aryl methyl sites for hydroxylation is 1. The van der Waals surface area contributed by atoms with Crippen LogP contribution >= 0.6 is 0 Å². The van der Waals surface area contributed by atoms with E-state index < -0.39 is 6.10 Å². The van der Waals surface area contributed by atoms with E-state index >= 15 is 0 Å². The average Bonchev–Trinajstić information content (AvgIpc) is 3.21. The molecular weight excluding hydrogens is 308 g/mol. The molecule has 6 heteroatoms. The van der Waals surface area contributed by atoms with E-state index in [0.717, 1.165) is 22.3 Å². The summed E-state index contributed by atoms with van der Waals surface area (Å²) >= 11 is 0. The molecule has 24 heavy (non-hydrogen) atoms. The highest BCUT2D eigenvalue weighted by Crippen LogP contribution is 2.29. The SMILES string of the molecule is Cc1c(C(C)NC(=O)NCC(O)c2ccco2)oc2ccccc12. The number of hydrogen-bond donors (Lipinski definition) is 3. The van der Waals surface area contributed by atoms with Gasteiger partial charge in [0.1, 0.15) is 23.2 Å². The lowest BCUT2D eigenvalue weighted by Crippen LogP contribution is -2.39. The van der Waals surface area contributed by atoms with Crippen molar-refractivity contribution >= 4 is 17.0 Å². The maximum absolute atomic E-state index is 12.0. The fourth-order valence-electron chi connectivity index (χ4n) is 2.69. The smallest absolute Gasteiger partial charge is 0.315 e. The number of carbonyl (C=O) groups excluding carboxylic acids is 1. The van der Waals surface area contributed by atoms with Gasteiger partial charge in [-0.05, 0) is 32.0 Å². The third kappa shape index (κ3) is 3.28. The van der Waals surface area contributed by atoms with Gasteiger partial charge in [0.05, 0.1) is 18.8 Å². The first kappa shape index (κ1) is 16.1. The first-order valence-electron chi connectivity index (χ1n) is 7.80. The molecule has 0 bridgehead atoms. The molecule has 3 rings (SSSR count). The molecule has 0 saturated heterocycles. The topological polar surface area (TPSA) is 87.6 Å². The second-order valence-electron chi connectivity index (χ2n) is 5.69. The molecule has 0 aliphatic carbocycles. The Morgan fingerprint density at radius 1 is 1.25 bits per heavy atom. The molecule has 0 radical (unpaired) electrons. The number of fused-ring (bicyclic) bond motifs is 1. The third-order valence-electron chi connectivity index (χ3n) is 3.95. The number of carbonyl (C=O) groups is 1. The highest BCUT2D eigenvalue weighted by atomic mass is 16.4. The van der Waals surface area contributed by atoms with Crippen LogP contribution in [-0.2, 0) is 0 Å². The largest absolute Gasteiger partial charge is 0.467 e. The highest BCUT2D eigenvalue weighted by Gasteiger charge is 2.19. The monoisotopic (exact) mass is 328 g/mol. The zero-order chi connectivity index (χ0) is 17.1. The highest BCUT2D eigenvalue weighted by molar-refractivity contribution is 5.82. The van der Waals surface area contributed by atoms with Crippen LogP contribution in [0.1, 0.15) is 36.2 Å². The standard InChI is InChI=1S/C18H20N2O4/c1-11-13-6-3-4-7-15(13)24-17(11)12(2)20-18(22)19-10-14(21)16-8-5-9-23-16/h3-9,12,14,21H,10H2,1-2H3,(H2,19,20,22). The summed E-state index contributed by atoms with van der Waals surface area (Å²) in [6, 6.07) is 10.4. The van der Waals surface area contributed by atoms with Crippen LogP contribution < -0.4 is 10.6 Å². The molecule has 0 fully saturated rings. The second-order valence-corrected chi connectivity index (χ2v) is 5.69. The molecule has 2 amide bonds. The molecule has 0 aliphatic heterocycles. The summed E-state index contributed by atoms with van der Waals surface area (Å²) in [4.78, 5) is 12.0. The summed E-state index contributed by atoms with van der Waals surface area (Å²) in [5, 5.41) is 16.4. The second kappa shape index (κ2) is 6.80. The van der Waals surface area contributed by atoms with E-state index in [1.165, 1.54) is 6.26 Å². The lowest BCUT2D eigenvalue weighted by Gasteiger charge is -2.15. The van der Waals surface area contributed by atoms with Crippen LogP contribution in [0.4, 0.5) is 4.79 Å². The van der Waals surface area contributed by atoms with Gasteiger partial charge in [-0.2, -0.15) is 0 Å². The Morgan fingerprint density at radius 3 is 2.75 bits per heavy atom. The Hall–Kier alpha value is -2.73. The molecule has 2 unspecified atom stereocenters. The van der Waals surface area contributed by atoms with Gasteiger partial charge in [-0.15, -0.1) is 0 Å². The summed E-state index contributed by atoms with van der Waals surface area (Å²) in [5.41, 5.74) is 1.81. The third-order valence-corrected chi connectivity index (χ3v) is 3.95. The number of aliphatic hydroxyl groups is 1. The Morgan fingerprint density at radius 2 is 2.04 bits per heavy atom. The summed E-state index contributed by atoms with van der Waals surface area (Å²) in [6.45, 7) is 3.89. The predicted molar refractivity (Wildman–Crippen MR) is 89.6 cm³/mol. The molecule has 6 nitrogen and oxygen atoms in total. The minimum atomic E-state index is -0.881. The quantitative estimate of drug-likeness (QED) is 0.669. The van der Waals surface area contributed by atoms with Crippen LogP contribution in [0.5, 0.6) is 0 Å². The van der Waals surface area contributed by atoms with Crippen LogP contribution in [0.25, 0.3) is 11.0 Å². The van der Waals surface area contributed by atoms with Gasteiger partial charge in [-0.25, -0.2) is 4.79 Å². The van der Waals surface area contributed by atoms with E-state index in [2.05, 4.69) is 10.6 Å². The Kier molecular flexibility index (Phi) is 4.57. The molecule has 2 aromatic heterocycles. The van der Waals surface area contributed by atoms with Crippen molar-refractivity contribution < 1.29 is 18.7 Å². The number of benzene rings is 1. The van der Waals surface area contributed by atoms with Crippen molar-refractivity contribution in [2.45, 2.75) is 26.0 Å². The van der Waals surface area contributed by atoms with Gasteiger partial charge in [0.25, 0.3) is 0 Å². The zero-order valence-corrected chi connectivity index (χ0v) is 13.6. The van der Waals surface area contributed by atoms with Crippen molar-refractivity contribution in [1.29, 1.82) is 0 Å². The normalized spacial score (nSPS) is 13.6. The van der Waals surface area contributed by atoms with Crippen LogP contribution in [0, 0.1) is 6.92 Å². The Labute approximate surface area is 139 Å². The van der Waals surface area contributed by atoms with Crippen molar-refractivity contribution in [3.63, 3.8) is 0 Å². The van der Waals surface area contributed by atoms with Gasteiger partial charge in [-0.1, -0.05) is 18.2 Å². The molecule has 0 saturated carbocycles. The van der Waals surface area contributed by atoms with E-state index in [1.54, 1.807) is 12.1 Å². The molecule has 0 aliphatic rings.